The first-order chi connectivity index (χ1) is 12.1. The van der Waals surface area contributed by atoms with Crippen molar-refractivity contribution in [3.63, 3.8) is 0 Å². The van der Waals surface area contributed by atoms with Crippen molar-refractivity contribution in [2.24, 2.45) is 0 Å². The van der Waals surface area contributed by atoms with Gasteiger partial charge in [-0.1, -0.05) is 6.08 Å². The van der Waals surface area contributed by atoms with E-state index in [1.807, 2.05) is 0 Å². The van der Waals surface area contributed by atoms with Crippen LogP contribution < -0.4 is 0 Å². The lowest BCUT2D eigenvalue weighted by Crippen LogP contribution is -2.40. The fraction of sp³-hybridized carbons (Fsp3) is 0.500. The number of esters is 1. The van der Waals surface area contributed by atoms with Crippen LogP contribution in [0.1, 0.15) is 45.2 Å². The molecular formula is C18H22F2N2O4. The molecule has 1 fully saturated rings. The SMILES string of the molecule is COC(=O)C=C[C@H]1CC[C@@H](c2ccc(F)nc2F)N1C(=O)OC(C)(C)C. The van der Waals surface area contributed by atoms with E-state index in [9.17, 15) is 18.4 Å². The molecule has 1 aromatic rings. The molecule has 142 valence electrons. The van der Waals surface area contributed by atoms with Crippen molar-refractivity contribution in [2.45, 2.75) is 51.3 Å². The highest BCUT2D eigenvalue weighted by Gasteiger charge is 2.40. The summed E-state index contributed by atoms with van der Waals surface area (Å²) in [6.07, 6.45) is 2.98. The van der Waals surface area contributed by atoms with Crippen molar-refractivity contribution in [1.82, 2.24) is 9.88 Å². The summed E-state index contributed by atoms with van der Waals surface area (Å²) < 4.78 is 37.2. The first-order valence-electron chi connectivity index (χ1n) is 8.22. The normalized spacial score (nSPS) is 20.5. The first kappa shape index (κ1) is 19.8. The molecule has 6 nitrogen and oxygen atoms in total. The van der Waals surface area contributed by atoms with E-state index in [2.05, 4.69) is 9.72 Å². The van der Waals surface area contributed by atoms with Crippen LogP contribution in [0.15, 0.2) is 24.3 Å². The fourth-order valence-corrected chi connectivity index (χ4v) is 2.84. The Bertz CT molecular complexity index is 716. The molecule has 1 aromatic heterocycles. The monoisotopic (exact) mass is 368 g/mol. The average molecular weight is 368 g/mol. The Labute approximate surface area is 150 Å². The van der Waals surface area contributed by atoms with E-state index in [1.165, 1.54) is 30.2 Å². The number of amides is 1. The first-order valence-corrected chi connectivity index (χ1v) is 8.22. The Morgan fingerprint density at radius 3 is 2.54 bits per heavy atom. The summed E-state index contributed by atoms with van der Waals surface area (Å²) >= 11 is 0. The molecule has 0 bridgehead atoms. The number of hydrogen-bond donors (Lipinski definition) is 0. The molecule has 2 atom stereocenters. The van der Waals surface area contributed by atoms with Crippen molar-refractivity contribution < 1.29 is 27.8 Å². The van der Waals surface area contributed by atoms with Crippen LogP contribution in [0.25, 0.3) is 0 Å². The topological polar surface area (TPSA) is 68.7 Å². The maximum absolute atomic E-state index is 14.2. The van der Waals surface area contributed by atoms with Gasteiger partial charge in [-0.25, -0.2) is 9.59 Å². The summed E-state index contributed by atoms with van der Waals surface area (Å²) in [5.74, 6) is -2.47. The van der Waals surface area contributed by atoms with Crippen LogP contribution in [-0.2, 0) is 14.3 Å². The van der Waals surface area contributed by atoms with E-state index in [0.29, 0.717) is 12.8 Å². The zero-order chi connectivity index (χ0) is 19.5. The number of nitrogens with zero attached hydrogens (tertiary/aromatic N) is 2. The number of aromatic nitrogens is 1. The van der Waals surface area contributed by atoms with Gasteiger partial charge in [-0.15, -0.1) is 0 Å². The highest BCUT2D eigenvalue weighted by Crippen LogP contribution is 2.38. The predicted molar refractivity (Wildman–Crippen MR) is 89.1 cm³/mol. The maximum atomic E-state index is 14.2. The molecular weight excluding hydrogens is 346 g/mol. The molecule has 26 heavy (non-hydrogen) atoms. The summed E-state index contributed by atoms with van der Waals surface area (Å²) in [6, 6.07) is 1.15. The summed E-state index contributed by atoms with van der Waals surface area (Å²) in [5, 5.41) is 0. The van der Waals surface area contributed by atoms with Crippen LogP contribution in [0.4, 0.5) is 13.6 Å². The summed E-state index contributed by atoms with van der Waals surface area (Å²) in [4.78, 5) is 28.6. The van der Waals surface area contributed by atoms with E-state index in [4.69, 9.17) is 4.74 Å². The quantitative estimate of drug-likeness (QED) is 0.464. The average Bonchev–Trinajstić information content (AvgIpc) is 2.94. The third-order valence-electron chi connectivity index (χ3n) is 3.89. The van der Waals surface area contributed by atoms with Crippen LogP contribution in [0.2, 0.25) is 0 Å². The molecule has 0 N–H and O–H groups in total. The van der Waals surface area contributed by atoms with E-state index in [-0.39, 0.29) is 5.56 Å². The Morgan fingerprint density at radius 2 is 1.96 bits per heavy atom. The number of rotatable bonds is 3. The third-order valence-corrected chi connectivity index (χ3v) is 3.89. The molecule has 0 aliphatic carbocycles. The van der Waals surface area contributed by atoms with Crippen LogP contribution >= 0.6 is 0 Å². The van der Waals surface area contributed by atoms with Gasteiger partial charge in [-0.2, -0.15) is 13.8 Å². The van der Waals surface area contributed by atoms with Gasteiger partial charge in [0, 0.05) is 11.6 Å². The third kappa shape index (κ3) is 4.77. The lowest BCUT2D eigenvalue weighted by Gasteiger charge is -2.31. The molecule has 1 aliphatic rings. The molecule has 1 aliphatic heterocycles. The second-order valence-corrected chi connectivity index (χ2v) is 6.94. The van der Waals surface area contributed by atoms with Gasteiger partial charge in [0.15, 0.2) is 0 Å². The smallest absolute Gasteiger partial charge is 0.411 e. The molecule has 0 aromatic carbocycles. The lowest BCUT2D eigenvalue weighted by molar-refractivity contribution is -0.134. The Kier molecular flexibility index (Phi) is 5.94. The molecule has 1 saturated heterocycles. The second-order valence-electron chi connectivity index (χ2n) is 6.94. The van der Waals surface area contributed by atoms with Crippen molar-refractivity contribution in [1.29, 1.82) is 0 Å². The number of carbonyl (C=O) groups excluding carboxylic acids is 2. The zero-order valence-electron chi connectivity index (χ0n) is 15.2. The van der Waals surface area contributed by atoms with Gasteiger partial charge in [0.05, 0.1) is 19.2 Å². The van der Waals surface area contributed by atoms with Crippen molar-refractivity contribution in [2.75, 3.05) is 7.11 Å². The molecule has 0 spiro atoms. The molecule has 8 heteroatoms. The number of methoxy groups -OCH3 is 1. The van der Waals surface area contributed by atoms with Gasteiger partial charge in [-0.3, -0.25) is 4.90 Å². The molecule has 1 amide bonds. The number of likely N-dealkylation sites (tertiary alicyclic amines) is 1. The largest absolute Gasteiger partial charge is 0.466 e. The van der Waals surface area contributed by atoms with Gasteiger partial charge in [0.25, 0.3) is 0 Å². The number of ether oxygens (including phenoxy) is 2. The number of carbonyl (C=O) groups is 2. The maximum Gasteiger partial charge on any atom is 0.411 e. The minimum absolute atomic E-state index is 0.103. The molecule has 0 unspecified atom stereocenters. The molecule has 0 saturated carbocycles. The van der Waals surface area contributed by atoms with E-state index >= 15 is 0 Å². The second kappa shape index (κ2) is 7.80. The van der Waals surface area contributed by atoms with Gasteiger partial charge >= 0.3 is 12.1 Å². The summed E-state index contributed by atoms with van der Waals surface area (Å²) in [6.45, 7) is 5.15. The number of hydrogen-bond acceptors (Lipinski definition) is 5. The zero-order valence-corrected chi connectivity index (χ0v) is 15.2. The Morgan fingerprint density at radius 1 is 1.27 bits per heavy atom. The van der Waals surface area contributed by atoms with Crippen LogP contribution in [0, 0.1) is 11.9 Å². The van der Waals surface area contributed by atoms with Crippen molar-refractivity contribution in [3.8, 4) is 0 Å². The van der Waals surface area contributed by atoms with Crippen molar-refractivity contribution in [3.05, 3.63) is 41.7 Å². The van der Waals surface area contributed by atoms with E-state index < -0.39 is 41.6 Å². The minimum atomic E-state index is -0.971. The standard InChI is InChI=1S/C18H22F2N2O4/c1-18(2,3)26-17(24)22-11(6-10-15(23)25-4)5-8-13(22)12-7-9-14(19)21-16(12)20/h6-7,9-11,13H,5,8H2,1-4H3/t11-,13+/m1/s1. The van der Waals surface area contributed by atoms with Crippen LogP contribution in [-0.4, -0.2) is 40.7 Å². The minimum Gasteiger partial charge on any atom is -0.466 e. The fourth-order valence-electron chi connectivity index (χ4n) is 2.84. The predicted octanol–water partition coefficient (Wildman–Crippen LogP) is 3.53. The van der Waals surface area contributed by atoms with Crippen molar-refractivity contribution >= 4 is 12.1 Å². The molecule has 2 heterocycles. The van der Waals surface area contributed by atoms with Gasteiger partial charge < -0.3 is 9.47 Å². The molecule has 2 rings (SSSR count). The lowest BCUT2D eigenvalue weighted by atomic mass is 10.1. The number of halogens is 2. The summed E-state index contributed by atoms with van der Waals surface area (Å²) in [5.41, 5.74) is -0.647. The summed E-state index contributed by atoms with van der Waals surface area (Å²) in [7, 11) is 1.25. The molecule has 0 radical (unpaired) electrons. The van der Waals surface area contributed by atoms with Gasteiger partial charge in [0.2, 0.25) is 11.9 Å². The van der Waals surface area contributed by atoms with Crippen LogP contribution in [0.3, 0.4) is 0 Å². The van der Waals surface area contributed by atoms with E-state index in [1.54, 1.807) is 20.8 Å². The number of pyridine rings is 1. The Hall–Kier alpha value is -2.51. The van der Waals surface area contributed by atoms with Gasteiger partial charge in [-0.05, 0) is 45.7 Å². The van der Waals surface area contributed by atoms with Gasteiger partial charge in [0.1, 0.15) is 5.60 Å². The van der Waals surface area contributed by atoms with Crippen LogP contribution in [0.5, 0.6) is 0 Å². The Balaban J connectivity index is 2.35. The highest BCUT2D eigenvalue weighted by molar-refractivity contribution is 5.82. The highest BCUT2D eigenvalue weighted by atomic mass is 19.1. The van der Waals surface area contributed by atoms with E-state index in [0.717, 1.165) is 6.07 Å².